The zero-order chi connectivity index (χ0) is 13.0. The summed E-state index contributed by atoms with van der Waals surface area (Å²) in [6.45, 7) is 2.06. The van der Waals surface area contributed by atoms with Gasteiger partial charge in [0.2, 0.25) is 5.91 Å². The molecule has 0 aliphatic heterocycles. The molecule has 4 nitrogen and oxygen atoms in total. The van der Waals surface area contributed by atoms with Gasteiger partial charge in [-0.3, -0.25) is 9.78 Å². The van der Waals surface area contributed by atoms with Crippen molar-refractivity contribution in [2.75, 3.05) is 5.32 Å². The highest BCUT2D eigenvalue weighted by Crippen LogP contribution is 2.30. The number of carbonyl (C=O) groups is 1. The maximum absolute atomic E-state index is 12.1. The lowest BCUT2D eigenvalue weighted by Gasteiger charge is -2.29. The second-order valence-corrected chi connectivity index (χ2v) is 5.20. The summed E-state index contributed by atoms with van der Waals surface area (Å²) in [6, 6.07) is 3.87. The minimum atomic E-state index is 0. The topological polar surface area (TPSA) is 68.0 Å². The molecule has 0 saturated heterocycles. The number of halogens is 2. The molecule has 1 fully saturated rings. The molecule has 1 aromatic heterocycles. The van der Waals surface area contributed by atoms with Gasteiger partial charge in [0, 0.05) is 30.0 Å². The quantitative estimate of drug-likeness (QED) is 0.600. The van der Waals surface area contributed by atoms with Crippen LogP contribution in [0.4, 0.5) is 5.69 Å². The Morgan fingerprint density at radius 2 is 1.80 bits per heavy atom. The van der Waals surface area contributed by atoms with E-state index in [0.717, 1.165) is 31.4 Å². The lowest BCUT2D eigenvalue weighted by molar-refractivity contribution is -0.121. The summed E-state index contributed by atoms with van der Waals surface area (Å²) in [5.74, 6) is 0.840. The lowest BCUT2D eigenvalue weighted by Crippen LogP contribution is -3.00. The summed E-state index contributed by atoms with van der Waals surface area (Å²) >= 11 is 0. The second kappa shape index (κ2) is 9.16. The number of hydrogen-bond donors (Lipinski definition) is 2. The van der Waals surface area contributed by atoms with E-state index in [2.05, 4.69) is 17.2 Å². The molecule has 1 amide bonds. The number of anilines is 1. The first-order valence-electron chi connectivity index (χ1n) is 6.63. The standard InChI is InChI=1S/C14H21N3O.2ClH/c1-10(15)11-2-4-12(5-3-11)14(18)17-13-6-8-16-9-7-13;;/h6-12H,2-5,15H2,1H3,(H,16,17,18);2*1H/p-2. The zero-order valence-corrected chi connectivity index (χ0v) is 13.1. The summed E-state index contributed by atoms with van der Waals surface area (Å²) in [5.41, 5.74) is 6.73. The molecule has 3 N–H and O–H groups in total. The summed E-state index contributed by atoms with van der Waals surface area (Å²) in [7, 11) is 0. The van der Waals surface area contributed by atoms with Crippen LogP contribution in [-0.4, -0.2) is 16.9 Å². The predicted molar refractivity (Wildman–Crippen MR) is 72.0 cm³/mol. The molecule has 1 saturated carbocycles. The minimum Gasteiger partial charge on any atom is -1.00 e. The largest absolute Gasteiger partial charge is 1.00 e. The predicted octanol–water partition coefficient (Wildman–Crippen LogP) is -3.82. The van der Waals surface area contributed by atoms with Crippen LogP contribution in [0, 0.1) is 11.8 Å². The van der Waals surface area contributed by atoms with Crippen molar-refractivity contribution in [3.63, 3.8) is 0 Å². The van der Waals surface area contributed by atoms with Crippen molar-refractivity contribution in [1.29, 1.82) is 0 Å². The van der Waals surface area contributed by atoms with Gasteiger partial charge in [0.05, 0.1) is 0 Å². The van der Waals surface area contributed by atoms with Crippen molar-refractivity contribution in [3.8, 4) is 0 Å². The number of nitrogens with one attached hydrogen (secondary N) is 1. The summed E-state index contributed by atoms with van der Waals surface area (Å²) in [6.07, 6.45) is 7.38. The maximum atomic E-state index is 12.1. The van der Waals surface area contributed by atoms with Crippen LogP contribution in [0.3, 0.4) is 0 Å². The van der Waals surface area contributed by atoms with Gasteiger partial charge in [0.25, 0.3) is 0 Å². The first-order valence-corrected chi connectivity index (χ1v) is 6.63. The van der Waals surface area contributed by atoms with Crippen molar-refractivity contribution in [3.05, 3.63) is 24.5 Å². The van der Waals surface area contributed by atoms with Crippen LogP contribution in [0.15, 0.2) is 24.5 Å². The Labute approximate surface area is 132 Å². The molecule has 20 heavy (non-hydrogen) atoms. The minimum absolute atomic E-state index is 0. The molecule has 1 aromatic rings. The van der Waals surface area contributed by atoms with Gasteiger partial charge in [-0.05, 0) is 50.7 Å². The van der Waals surface area contributed by atoms with Crippen LogP contribution in [0.1, 0.15) is 32.6 Å². The molecule has 1 heterocycles. The summed E-state index contributed by atoms with van der Waals surface area (Å²) in [4.78, 5) is 16.0. The van der Waals surface area contributed by atoms with E-state index < -0.39 is 0 Å². The van der Waals surface area contributed by atoms with E-state index in [4.69, 9.17) is 5.73 Å². The number of pyridine rings is 1. The van der Waals surface area contributed by atoms with Gasteiger partial charge in [-0.25, -0.2) is 0 Å². The van der Waals surface area contributed by atoms with E-state index >= 15 is 0 Å². The molecular weight excluding hydrogens is 297 g/mol. The van der Waals surface area contributed by atoms with E-state index in [1.54, 1.807) is 12.4 Å². The van der Waals surface area contributed by atoms with Crippen LogP contribution >= 0.6 is 0 Å². The van der Waals surface area contributed by atoms with Gasteiger partial charge in [0.1, 0.15) is 0 Å². The number of rotatable bonds is 3. The normalized spacial score (nSPS) is 22.9. The fourth-order valence-electron chi connectivity index (χ4n) is 2.59. The van der Waals surface area contributed by atoms with Crippen molar-refractivity contribution in [1.82, 2.24) is 4.98 Å². The van der Waals surface area contributed by atoms with Crippen molar-refractivity contribution in [2.24, 2.45) is 17.6 Å². The first-order chi connectivity index (χ1) is 8.66. The van der Waals surface area contributed by atoms with E-state index in [1.807, 2.05) is 12.1 Å². The molecule has 1 aliphatic rings. The smallest absolute Gasteiger partial charge is 0.227 e. The highest BCUT2D eigenvalue weighted by molar-refractivity contribution is 5.92. The molecule has 6 heteroatoms. The molecule has 1 unspecified atom stereocenters. The molecule has 0 bridgehead atoms. The molecule has 114 valence electrons. The molecule has 1 aliphatic carbocycles. The number of carbonyl (C=O) groups excluding carboxylic acids is 1. The van der Waals surface area contributed by atoms with Gasteiger partial charge < -0.3 is 35.9 Å². The third kappa shape index (κ3) is 5.27. The van der Waals surface area contributed by atoms with Crippen molar-refractivity contribution < 1.29 is 29.6 Å². The Morgan fingerprint density at radius 1 is 1.25 bits per heavy atom. The van der Waals surface area contributed by atoms with Crippen LogP contribution in [0.2, 0.25) is 0 Å². The Balaban J connectivity index is 0.00000180. The van der Waals surface area contributed by atoms with Gasteiger partial charge in [-0.15, -0.1) is 0 Å². The van der Waals surface area contributed by atoms with E-state index in [9.17, 15) is 4.79 Å². The van der Waals surface area contributed by atoms with Crippen LogP contribution in [-0.2, 0) is 4.79 Å². The SMILES string of the molecule is CC(N)C1CCC(C(=O)Nc2ccncc2)CC1.[Cl-].[Cl-]. The molecule has 0 spiro atoms. The fourth-order valence-corrected chi connectivity index (χ4v) is 2.59. The highest BCUT2D eigenvalue weighted by Gasteiger charge is 2.27. The van der Waals surface area contributed by atoms with Crippen molar-refractivity contribution in [2.45, 2.75) is 38.6 Å². The number of hydrogen-bond acceptors (Lipinski definition) is 3. The first kappa shape index (κ1) is 19.2. The Hall–Kier alpha value is -0.840. The van der Waals surface area contributed by atoms with E-state index in [0.29, 0.717) is 5.92 Å². The highest BCUT2D eigenvalue weighted by atomic mass is 35.5. The van der Waals surface area contributed by atoms with E-state index in [1.165, 1.54) is 0 Å². The van der Waals surface area contributed by atoms with Gasteiger partial charge in [-0.1, -0.05) is 0 Å². The van der Waals surface area contributed by atoms with E-state index in [-0.39, 0.29) is 42.7 Å². The molecule has 0 radical (unpaired) electrons. The lowest BCUT2D eigenvalue weighted by atomic mass is 9.79. The summed E-state index contributed by atoms with van der Waals surface area (Å²) < 4.78 is 0. The number of amides is 1. The number of nitrogens with two attached hydrogens (primary N) is 1. The molecular formula is C14H21Cl2N3O-2. The Bertz CT molecular complexity index is 393. The summed E-state index contributed by atoms with van der Waals surface area (Å²) in [5, 5.41) is 2.95. The third-order valence-corrected chi connectivity index (χ3v) is 3.83. The fraction of sp³-hybridized carbons (Fsp3) is 0.571. The van der Waals surface area contributed by atoms with Gasteiger partial charge in [0.15, 0.2) is 0 Å². The average molecular weight is 318 g/mol. The monoisotopic (exact) mass is 317 g/mol. The van der Waals surface area contributed by atoms with Crippen LogP contribution in [0.25, 0.3) is 0 Å². The third-order valence-electron chi connectivity index (χ3n) is 3.83. The van der Waals surface area contributed by atoms with Crippen LogP contribution < -0.4 is 35.9 Å². The average Bonchev–Trinajstić information content (AvgIpc) is 2.40. The van der Waals surface area contributed by atoms with Gasteiger partial charge >= 0.3 is 0 Å². The molecule has 0 aromatic carbocycles. The number of aromatic nitrogens is 1. The van der Waals surface area contributed by atoms with Gasteiger partial charge in [-0.2, -0.15) is 0 Å². The maximum Gasteiger partial charge on any atom is 0.227 e. The Kier molecular flexibility index (Phi) is 8.78. The Morgan fingerprint density at radius 3 is 2.30 bits per heavy atom. The molecule has 2 rings (SSSR count). The number of nitrogens with zero attached hydrogens (tertiary/aromatic N) is 1. The zero-order valence-electron chi connectivity index (χ0n) is 11.6. The molecule has 1 atom stereocenters. The second-order valence-electron chi connectivity index (χ2n) is 5.20. The van der Waals surface area contributed by atoms with Crippen LogP contribution in [0.5, 0.6) is 0 Å². The van der Waals surface area contributed by atoms with Crippen molar-refractivity contribution >= 4 is 11.6 Å².